The molecule has 2 N–H and O–H groups in total. The van der Waals surface area contributed by atoms with Gasteiger partial charge >= 0.3 is 0 Å². The number of hydrogen-bond acceptors (Lipinski definition) is 3. The van der Waals surface area contributed by atoms with Gasteiger partial charge in [-0.1, -0.05) is 35.3 Å². The molecule has 0 heterocycles. The molecule has 2 aromatic carbocycles. The fourth-order valence-electron chi connectivity index (χ4n) is 2.24. The molecule has 0 unspecified atom stereocenters. The minimum atomic E-state index is 0.543. The number of nitrogens with zero attached hydrogens (tertiary/aromatic N) is 1. The Morgan fingerprint density at radius 3 is 2.32 bits per heavy atom. The highest BCUT2D eigenvalue weighted by atomic mass is 35.5. The van der Waals surface area contributed by atoms with Crippen molar-refractivity contribution in [2.24, 2.45) is 4.99 Å². The lowest BCUT2D eigenvalue weighted by molar-refractivity contribution is 0.354. The first kappa shape index (κ1) is 19.2. The summed E-state index contributed by atoms with van der Waals surface area (Å²) in [4.78, 5) is 4.21. The smallest absolute Gasteiger partial charge is 0.191 e. The van der Waals surface area contributed by atoms with Gasteiger partial charge in [-0.2, -0.15) is 0 Å². The van der Waals surface area contributed by atoms with Crippen LogP contribution >= 0.6 is 23.2 Å². The van der Waals surface area contributed by atoms with Crippen LogP contribution in [0.15, 0.2) is 41.4 Å². The molecule has 0 aromatic heterocycles. The quantitative estimate of drug-likeness (QED) is 0.588. The van der Waals surface area contributed by atoms with Crippen LogP contribution in [0.2, 0.25) is 10.0 Å². The first-order valence-corrected chi connectivity index (χ1v) is 8.42. The maximum Gasteiger partial charge on any atom is 0.191 e. The van der Waals surface area contributed by atoms with Crippen molar-refractivity contribution in [3.63, 3.8) is 0 Å². The van der Waals surface area contributed by atoms with Crippen LogP contribution in [0.1, 0.15) is 11.1 Å². The molecular weight excluding hydrogens is 361 g/mol. The van der Waals surface area contributed by atoms with E-state index in [0.717, 1.165) is 11.1 Å². The van der Waals surface area contributed by atoms with E-state index < -0.39 is 0 Å². The van der Waals surface area contributed by atoms with Crippen LogP contribution in [0.5, 0.6) is 11.5 Å². The van der Waals surface area contributed by atoms with Crippen molar-refractivity contribution < 1.29 is 9.47 Å². The first-order chi connectivity index (χ1) is 12.1. The van der Waals surface area contributed by atoms with Crippen molar-refractivity contribution in [1.82, 2.24) is 10.6 Å². The molecule has 0 bridgehead atoms. The highest BCUT2D eigenvalue weighted by molar-refractivity contribution is 6.35. The van der Waals surface area contributed by atoms with E-state index in [9.17, 15) is 0 Å². The van der Waals surface area contributed by atoms with Crippen molar-refractivity contribution in [1.29, 1.82) is 0 Å². The van der Waals surface area contributed by atoms with Gasteiger partial charge in [-0.15, -0.1) is 0 Å². The predicted octanol–water partition coefficient (Wildman–Crippen LogP) is 3.88. The van der Waals surface area contributed by atoms with Crippen LogP contribution in [0.25, 0.3) is 0 Å². The zero-order chi connectivity index (χ0) is 18.2. The molecule has 0 aliphatic rings. The molecule has 25 heavy (non-hydrogen) atoms. The normalized spacial score (nSPS) is 11.2. The molecule has 0 saturated carbocycles. The molecule has 5 nitrogen and oxygen atoms in total. The standard InChI is InChI=1S/C18H21Cl2N3O2/c1-21-18(23-11-13-5-6-14(19)9-15(13)20)22-10-12-4-7-16(24-2)17(8-12)25-3/h4-9H,10-11H2,1-3H3,(H2,21,22,23). The Kier molecular flexibility index (Phi) is 7.22. The number of benzene rings is 2. The largest absolute Gasteiger partial charge is 0.493 e. The SMILES string of the molecule is CN=C(NCc1ccc(OC)c(OC)c1)NCc1ccc(Cl)cc1Cl. The van der Waals surface area contributed by atoms with Crippen LogP contribution in [0.4, 0.5) is 0 Å². The van der Waals surface area contributed by atoms with Gasteiger partial charge in [0.05, 0.1) is 14.2 Å². The summed E-state index contributed by atoms with van der Waals surface area (Å²) in [6, 6.07) is 11.2. The van der Waals surface area contributed by atoms with E-state index in [1.54, 1.807) is 27.3 Å². The van der Waals surface area contributed by atoms with Gasteiger partial charge in [0.25, 0.3) is 0 Å². The molecule has 0 aliphatic heterocycles. The lowest BCUT2D eigenvalue weighted by Gasteiger charge is -2.14. The second kappa shape index (κ2) is 9.39. The molecule has 134 valence electrons. The Morgan fingerprint density at radius 2 is 1.68 bits per heavy atom. The second-order valence-electron chi connectivity index (χ2n) is 5.20. The average molecular weight is 382 g/mol. The summed E-state index contributed by atoms with van der Waals surface area (Å²) in [7, 11) is 4.95. The van der Waals surface area contributed by atoms with Gasteiger partial charge in [0.2, 0.25) is 0 Å². The first-order valence-electron chi connectivity index (χ1n) is 7.66. The summed E-state index contributed by atoms with van der Waals surface area (Å²) in [5.41, 5.74) is 1.99. The van der Waals surface area contributed by atoms with E-state index in [2.05, 4.69) is 15.6 Å². The minimum Gasteiger partial charge on any atom is -0.493 e. The Labute approximate surface area is 158 Å². The van der Waals surface area contributed by atoms with Crippen molar-refractivity contribution in [2.75, 3.05) is 21.3 Å². The molecule has 0 saturated heterocycles. The lowest BCUT2D eigenvalue weighted by Crippen LogP contribution is -2.36. The van der Waals surface area contributed by atoms with E-state index >= 15 is 0 Å². The van der Waals surface area contributed by atoms with E-state index in [0.29, 0.717) is 40.6 Å². The number of methoxy groups -OCH3 is 2. The third-order valence-corrected chi connectivity index (χ3v) is 4.18. The molecule has 2 rings (SSSR count). The van der Waals surface area contributed by atoms with Gasteiger partial charge < -0.3 is 20.1 Å². The van der Waals surface area contributed by atoms with Gasteiger partial charge in [0.15, 0.2) is 17.5 Å². The summed E-state index contributed by atoms with van der Waals surface area (Å²) in [6.45, 7) is 1.13. The van der Waals surface area contributed by atoms with E-state index in [1.165, 1.54) is 0 Å². The lowest BCUT2D eigenvalue weighted by atomic mass is 10.2. The molecule has 0 spiro atoms. The van der Waals surface area contributed by atoms with Gasteiger partial charge in [-0.3, -0.25) is 4.99 Å². The van der Waals surface area contributed by atoms with Gasteiger partial charge in [0, 0.05) is 30.2 Å². The molecule has 0 aliphatic carbocycles. The van der Waals surface area contributed by atoms with Crippen molar-refractivity contribution in [2.45, 2.75) is 13.1 Å². The number of nitrogens with one attached hydrogen (secondary N) is 2. The maximum absolute atomic E-state index is 6.18. The van der Waals surface area contributed by atoms with Crippen molar-refractivity contribution >= 4 is 29.2 Å². The van der Waals surface area contributed by atoms with Crippen molar-refractivity contribution in [3.8, 4) is 11.5 Å². The van der Waals surface area contributed by atoms with E-state index in [-0.39, 0.29) is 0 Å². The van der Waals surface area contributed by atoms with Crippen molar-refractivity contribution in [3.05, 3.63) is 57.6 Å². The Bertz CT molecular complexity index is 751. The molecule has 7 heteroatoms. The zero-order valence-electron chi connectivity index (χ0n) is 14.4. The summed E-state index contributed by atoms with van der Waals surface area (Å²) in [5, 5.41) is 7.71. The predicted molar refractivity (Wildman–Crippen MR) is 103 cm³/mol. The Balaban J connectivity index is 1.94. The molecule has 0 atom stereocenters. The molecule has 0 amide bonds. The van der Waals surface area contributed by atoms with Gasteiger partial charge in [-0.25, -0.2) is 0 Å². The number of ether oxygens (including phenoxy) is 2. The van der Waals surface area contributed by atoms with E-state index in [1.807, 2.05) is 30.3 Å². The number of hydrogen-bond donors (Lipinski definition) is 2. The number of halogens is 2. The maximum atomic E-state index is 6.18. The van der Waals surface area contributed by atoms with Crippen LogP contribution in [-0.2, 0) is 13.1 Å². The van der Waals surface area contributed by atoms with E-state index in [4.69, 9.17) is 32.7 Å². The summed E-state index contributed by atoms with van der Waals surface area (Å²) in [6.07, 6.45) is 0. The average Bonchev–Trinajstić information content (AvgIpc) is 2.62. The Hall–Kier alpha value is -2.11. The molecule has 0 fully saturated rings. The fraction of sp³-hybridized carbons (Fsp3) is 0.278. The summed E-state index contributed by atoms with van der Waals surface area (Å²) >= 11 is 12.1. The third-order valence-electron chi connectivity index (χ3n) is 3.59. The highest BCUT2D eigenvalue weighted by Gasteiger charge is 2.06. The molecule has 0 radical (unpaired) electrons. The molecule has 2 aromatic rings. The number of guanidine groups is 1. The number of aliphatic imine (C=N–C) groups is 1. The Morgan fingerprint density at radius 1 is 0.960 bits per heavy atom. The fourth-order valence-corrected chi connectivity index (χ4v) is 2.72. The minimum absolute atomic E-state index is 0.543. The van der Waals surface area contributed by atoms with Crippen LogP contribution < -0.4 is 20.1 Å². The van der Waals surface area contributed by atoms with Gasteiger partial charge in [-0.05, 0) is 35.4 Å². The van der Waals surface area contributed by atoms with Crippen LogP contribution in [0.3, 0.4) is 0 Å². The van der Waals surface area contributed by atoms with Crippen LogP contribution in [0, 0.1) is 0 Å². The topological polar surface area (TPSA) is 54.9 Å². The monoisotopic (exact) mass is 381 g/mol. The summed E-state index contributed by atoms with van der Waals surface area (Å²) < 4.78 is 10.6. The number of rotatable bonds is 6. The summed E-state index contributed by atoms with van der Waals surface area (Å²) in [5.74, 6) is 2.06. The molecular formula is C18H21Cl2N3O2. The van der Waals surface area contributed by atoms with Crippen LogP contribution in [-0.4, -0.2) is 27.2 Å². The third kappa shape index (κ3) is 5.44. The second-order valence-corrected chi connectivity index (χ2v) is 6.05. The van der Waals surface area contributed by atoms with Gasteiger partial charge in [0.1, 0.15) is 0 Å². The zero-order valence-corrected chi connectivity index (χ0v) is 15.9. The highest BCUT2D eigenvalue weighted by Crippen LogP contribution is 2.27.